The number of carbonyl (C=O) groups is 1. The van der Waals surface area contributed by atoms with Crippen LogP contribution in [0, 0.1) is 29.1 Å². The van der Waals surface area contributed by atoms with Crippen LogP contribution in [0.1, 0.15) is 58.8 Å². The molecule has 0 amide bonds. The van der Waals surface area contributed by atoms with E-state index in [-0.39, 0.29) is 5.41 Å². The van der Waals surface area contributed by atoms with Gasteiger partial charge in [0.1, 0.15) is 5.78 Å². The third-order valence-corrected chi connectivity index (χ3v) is 10.2. The zero-order chi connectivity index (χ0) is 21.0. The molecule has 0 aromatic carbocycles. The summed E-state index contributed by atoms with van der Waals surface area (Å²) >= 11 is 0. The molecule has 0 saturated heterocycles. The molecule has 0 spiro atoms. The van der Waals surface area contributed by atoms with Crippen molar-refractivity contribution in [2.45, 2.75) is 90.1 Å². The Hall–Kier alpha value is -0.873. The van der Waals surface area contributed by atoms with E-state index in [2.05, 4.69) is 38.7 Å². The van der Waals surface area contributed by atoms with Crippen LogP contribution in [0.3, 0.4) is 0 Å². The maximum absolute atomic E-state index is 13.1. The standard InChI is InChI=1S/C25H40O3Si/c1-6-24-15-25(27,16-29(3,4)5)23-19-11-9-18(28-7-2)14-17(19)8-10-20(23)21(24)12-13-22(24)26/h8,14,19-21,23,27H,6-7,9-13,15-16H2,1-5H3/t19?,20?,21?,23?,24-,25?/m0/s1. The fourth-order valence-corrected chi connectivity index (χ4v) is 10.0. The number of rotatable bonds is 5. The van der Waals surface area contributed by atoms with Gasteiger partial charge < -0.3 is 9.84 Å². The fraction of sp³-hybridized carbons (Fsp3) is 0.800. The third kappa shape index (κ3) is 3.48. The lowest BCUT2D eigenvalue weighted by Gasteiger charge is -2.60. The molecule has 3 nitrogen and oxygen atoms in total. The summed E-state index contributed by atoms with van der Waals surface area (Å²) in [4.78, 5) is 13.1. The highest BCUT2D eigenvalue weighted by Crippen LogP contribution is 2.65. The molecule has 0 radical (unpaired) electrons. The first-order valence-corrected chi connectivity index (χ1v) is 15.6. The Morgan fingerprint density at radius 2 is 1.97 bits per heavy atom. The van der Waals surface area contributed by atoms with Crippen molar-refractivity contribution in [1.29, 1.82) is 0 Å². The first-order valence-electron chi connectivity index (χ1n) is 11.9. The minimum absolute atomic E-state index is 0.276. The zero-order valence-corrected chi connectivity index (χ0v) is 20.1. The average molecular weight is 417 g/mol. The second kappa shape index (κ2) is 7.37. The molecule has 6 atom stereocenters. The quantitative estimate of drug-likeness (QED) is 0.582. The second-order valence-electron chi connectivity index (χ2n) is 11.4. The van der Waals surface area contributed by atoms with Crippen LogP contribution in [0.4, 0.5) is 0 Å². The molecule has 0 bridgehead atoms. The van der Waals surface area contributed by atoms with E-state index in [1.165, 1.54) is 5.57 Å². The molecule has 2 saturated carbocycles. The summed E-state index contributed by atoms with van der Waals surface area (Å²) in [6.07, 6.45) is 11.1. The number of ketones is 1. The lowest BCUT2D eigenvalue weighted by molar-refractivity contribution is -0.164. The number of ether oxygens (including phenoxy) is 1. The van der Waals surface area contributed by atoms with Crippen molar-refractivity contribution in [3.05, 3.63) is 23.5 Å². The lowest BCUT2D eigenvalue weighted by atomic mass is 9.47. The van der Waals surface area contributed by atoms with Gasteiger partial charge in [0.05, 0.1) is 18.0 Å². The van der Waals surface area contributed by atoms with Crippen molar-refractivity contribution in [3.8, 4) is 0 Å². The molecular formula is C25H40O3Si. The van der Waals surface area contributed by atoms with Crippen molar-refractivity contribution in [2.75, 3.05) is 6.61 Å². The summed E-state index contributed by atoms with van der Waals surface area (Å²) in [7, 11) is -1.51. The first kappa shape index (κ1) is 21.4. The molecule has 0 heterocycles. The van der Waals surface area contributed by atoms with Crippen molar-refractivity contribution in [2.24, 2.45) is 29.1 Å². The van der Waals surface area contributed by atoms with E-state index < -0.39 is 13.7 Å². The number of Topliss-reactive ketones (excluding diaryl/α,β-unsaturated/α-hetero) is 1. The van der Waals surface area contributed by atoms with Gasteiger partial charge in [-0.05, 0) is 80.4 Å². The van der Waals surface area contributed by atoms with E-state index in [0.717, 1.165) is 56.9 Å². The van der Waals surface area contributed by atoms with Crippen molar-refractivity contribution in [1.82, 2.24) is 0 Å². The zero-order valence-electron chi connectivity index (χ0n) is 19.1. The number of fused-ring (bicyclic) bond motifs is 5. The molecule has 4 aliphatic rings. The molecule has 1 N–H and O–H groups in total. The van der Waals surface area contributed by atoms with Crippen LogP contribution in [-0.2, 0) is 9.53 Å². The van der Waals surface area contributed by atoms with E-state index >= 15 is 0 Å². The van der Waals surface area contributed by atoms with E-state index in [9.17, 15) is 9.90 Å². The van der Waals surface area contributed by atoms with Crippen LogP contribution in [0.15, 0.2) is 23.5 Å². The van der Waals surface area contributed by atoms with E-state index in [4.69, 9.17) is 4.74 Å². The Morgan fingerprint density at radius 1 is 1.21 bits per heavy atom. The molecule has 4 rings (SSSR count). The van der Waals surface area contributed by atoms with Crippen LogP contribution in [0.5, 0.6) is 0 Å². The van der Waals surface area contributed by atoms with Crippen LogP contribution < -0.4 is 0 Å². The number of carbonyl (C=O) groups excluding carboxylic acids is 1. The largest absolute Gasteiger partial charge is 0.498 e. The predicted octanol–water partition coefficient (Wildman–Crippen LogP) is 5.73. The van der Waals surface area contributed by atoms with Gasteiger partial charge in [-0.1, -0.05) is 32.6 Å². The van der Waals surface area contributed by atoms with Gasteiger partial charge in [-0.25, -0.2) is 0 Å². The maximum atomic E-state index is 13.1. The van der Waals surface area contributed by atoms with Crippen molar-refractivity contribution in [3.63, 3.8) is 0 Å². The van der Waals surface area contributed by atoms with Crippen LogP contribution in [0.2, 0.25) is 25.7 Å². The Morgan fingerprint density at radius 3 is 2.62 bits per heavy atom. The molecule has 2 fully saturated rings. The average Bonchev–Trinajstić information content (AvgIpc) is 2.96. The predicted molar refractivity (Wildman–Crippen MR) is 120 cm³/mol. The van der Waals surface area contributed by atoms with Gasteiger partial charge in [0.25, 0.3) is 0 Å². The van der Waals surface area contributed by atoms with Gasteiger partial charge >= 0.3 is 0 Å². The van der Waals surface area contributed by atoms with Gasteiger partial charge in [0.2, 0.25) is 0 Å². The summed E-state index contributed by atoms with van der Waals surface area (Å²) in [5, 5.41) is 12.4. The van der Waals surface area contributed by atoms with Crippen LogP contribution in [-0.4, -0.2) is 31.2 Å². The Kier molecular flexibility index (Phi) is 5.43. The monoisotopic (exact) mass is 416 g/mol. The van der Waals surface area contributed by atoms with Crippen LogP contribution in [0.25, 0.3) is 0 Å². The number of hydrogen-bond donors (Lipinski definition) is 1. The van der Waals surface area contributed by atoms with Gasteiger partial charge in [-0.2, -0.15) is 0 Å². The first-order chi connectivity index (χ1) is 13.6. The molecule has 4 aliphatic carbocycles. The van der Waals surface area contributed by atoms with Crippen molar-refractivity contribution >= 4 is 13.9 Å². The van der Waals surface area contributed by atoms with Gasteiger partial charge in [-0.3, -0.25) is 4.79 Å². The maximum Gasteiger partial charge on any atom is 0.139 e. The molecule has 29 heavy (non-hydrogen) atoms. The smallest absolute Gasteiger partial charge is 0.139 e. The molecular weight excluding hydrogens is 376 g/mol. The molecule has 162 valence electrons. The number of allylic oxidation sites excluding steroid dienone is 4. The molecule has 5 unspecified atom stereocenters. The molecule has 0 aliphatic heterocycles. The van der Waals surface area contributed by atoms with Gasteiger partial charge in [0, 0.05) is 26.3 Å². The fourth-order valence-electron chi connectivity index (χ4n) is 7.85. The highest BCUT2D eigenvalue weighted by atomic mass is 28.3. The summed E-state index contributed by atoms with van der Waals surface area (Å²) in [6, 6.07) is 0.911. The molecule has 0 aromatic heterocycles. The Labute approximate surface area is 178 Å². The normalized spacial score (nSPS) is 41.8. The highest BCUT2D eigenvalue weighted by molar-refractivity contribution is 6.76. The van der Waals surface area contributed by atoms with E-state index in [0.29, 0.717) is 35.9 Å². The number of aliphatic hydroxyl groups is 1. The van der Waals surface area contributed by atoms with Crippen LogP contribution >= 0.6 is 0 Å². The van der Waals surface area contributed by atoms with Gasteiger partial charge in [0.15, 0.2) is 0 Å². The van der Waals surface area contributed by atoms with E-state index in [1.54, 1.807) is 0 Å². The lowest BCUT2D eigenvalue weighted by Crippen LogP contribution is -2.61. The topological polar surface area (TPSA) is 46.5 Å². The summed E-state index contributed by atoms with van der Waals surface area (Å²) in [6.45, 7) is 12.1. The SMILES string of the molecule is CCOC1=CC2=CCC3C(C2CC1)C(O)(C[Si](C)(C)C)C[C@]1(CC)C(=O)CCC31. The minimum Gasteiger partial charge on any atom is -0.498 e. The number of hydrogen-bond acceptors (Lipinski definition) is 3. The van der Waals surface area contributed by atoms with Crippen molar-refractivity contribution < 1.29 is 14.6 Å². The summed E-state index contributed by atoms with van der Waals surface area (Å²) in [5.41, 5.74) is 0.410. The third-order valence-electron chi connectivity index (χ3n) is 8.48. The highest BCUT2D eigenvalue weighted by Gasteiger charge is 2.65. The Bertz CT molecular complexity index is 733. The molecule has 4 heteroatoms. The summed E-state index contributed by atoms with van der Waals surface area (Å²) < 4.78 is 5.84. The Balaban J connectivity index is 1.78. The molecule has 0 aromatic rings. The second-order valence-corrected chi connectivity index (χ2v) is 16.9. The minimum atomic E-state index is -1.51. The van der Waals surface area contributed by atoms with Gasteiger partial charge in [-0.15, -0.1) is 0 Å². The summed E-state index contributed by atoms with van der Waals surface area (Å²) in [5.74, 6) is 3.18. The van der Waals surface area contributed by atoms with E-state index in [1.807, 2.05) is 6.92 Å².